The summed E-state index contributed by atoms with van der Waals surface area (Å²) in [4.78, 5) is 27.2. The molecule has 0 saturated carbocycles. The van der Waals surface area contributed by atoms with E-state index in [2.05, 4.69) is 15.5 Å². The maximum Gasteiger partial charge on any atom is 0.265 e. The monoisotopic (exact) mass is 413 g/mol. The highest BCUT2D eigenvalue weighted by Crippen LogP contribution is 2.33. The average molecular weight is 414 g/mol. The number of nitrogens with zero attached hydrogens (tertiary/aromatic N) is 1. The van der Waals surface area contributed by atoms with E-state index in [1.165, 1.54) is 0 Å². The molecule has 2 aromatic carbocycles. The number of halogens is 1. The van der Waals surface area contributed by atoms with Crippen molar-refractivity contribution in [1.82, 2.24) is 10.2 Å². The van der Waals surface area contributed by atoms with Crippen molar-refractivity contribution in [2.75, 3.05) is 25.0 Å². The fraction of sp³-hybridized carbons (Fsp3) is 0.364. The molecule has 1 fully saturated rings. The fourth-order valence-corrected chi connectivity index (χ4v) is 4.11. The molecule has 0 aliphatic carbocycles. The third-order valence-electron chi connectivity index (χ3n) is 5.45. The molecule has 29 heavy (non-hydrogen) atoms. The van der Waals surface area contributed by atoms with Gasteiger partial charge in [-0.25, -0.2) is 0 Å². The highest BCUT2D eigenvalue weighted by atomic mass is 35.5. The number of likely N-dealkylation sites (tertiary alicyclic amines) is 1. The summed E-state index contributed by atoms with van der Waals surface area (Å²) in [6.07, 6.45) is 1.67. The Morgan fingerprint density at radius 3 is 2.79 bits per heavy atom. The highest BCUT2D eigenvalue weighted by Gasteiger charge is 2.29. The Balaban J connectivity index is 1.53. The van der Waals surface area contributed by atoms with E-state index in [0.29, 0.717) is 28.6 Å². The summed E-state index contributed by atoms with van der Waals surface area (Å²) in [6, 6.07) is 13.0. The van der Waals surface area contributed by atoms with E-state index in [-0.39, 0.29) is 17.9 Å². The van der Waals surface area contributed by atoms with Gasteiger partial charge in [0.15, 0.2) is 11.9 Å². The standard InChI is InChI=1S/C22H24ClN3O3/c1-14-21(27)25-18-9-5-8-17(20(18)29-14)22(28)24-13-19(26-10-2-3-11-26)15-6-4-7-16(23)12-15/h4-9,12,14,19H,2-3,10-11,13H2,1H3,(H,24,28)(H,25,27). The molecule has 2 heterocycles. The molecule has 2 aliphatic heterocycles. The van der Waals surface area contributed by atoms with Gasteiger partial charge in [-0.15, -0.1) is 0 Å². The van der Waals surface area contributed by atoms with Crippen molar-refractivity contribution < 1.29 is 14.3 Å². The highest BCUT2D eigenvalue weighted by molar-refractivity contribution is 6.30. The molecule has 2 aromatic rings. The summed E-state index contributed by atoms with van der Waals surface area (Å²) < 4.78 is 5.70. The molecule has 6 nitrogen and oxygen atoms in total. The molecule has 2 amide bonds. The molecule has 2 unspecified atom stereocenters. The number of nitrogens with one attached hydrogen (secondary N) is 2. The molecule has 7 heteroatoms. The van der Waals surface area contributed by atoms with Crippen LogP contribution in [0.1, 0.15) is 41.7 Å². The van der Waals surface area contributed by atoms with Crippen LogP contribution >= 0.6 is 11.6 Å². The van der Waals surface area contributed by atoms with Gasteiger partial charge in [0, 0.05) is 11.6 Å². The van der Waals surface area contributed by atoms with Gasteiger partial charge >= 0.3 is 0 Å². The van der Waals surface area contributed by atoms with Gasteiger partial charge in [-0.3, -0.25) is 14.5 Å². The Labute approximate surface area is 175 Å². The normalized spacial score (nSPS) is 19.8. The minimum absolute atomic E-state index is 0.0548. The smallest absolute Gasteiger partial charge is 0.265 e. The van der Waals surface area contributed by atoms with Gasteiger partial charge < -0.3 is 15.4 Å². The Bertz CT molecular complexity index is 927. The molecular weight excluding hydrogens is 390 g/mol. The summed E-state index contributed by atoms with van der Waals surface area (Å²) >= 11 is 6.20. The number of carbonyl (C=O) groups excluding carboxylic acids is 2. The second-order valence-corrected chi connectivity index (χ2v) is 7.89. The first-order valence-electron chi connectivity index (χ1n) is 9.91. The zero-order valence-corrected chi connectivity index (χ0v) is 17.0. The lowest BCUT2D eigenvalue weighted by molar-refractivity contribution is -0.122. The molecule has 4 rings (SSSR count). The van der Waals surface area contributed by atoms with E-state index in [1.54, 1.807) is 25.1 Å². The van der Waals surface area contributed by atoms with Crippen LogP contribution in [0.2, 0.25) is 5.02 Å². The predicted molar refractivity (Wildman–Crippen MR) is 112 cm³/mol. The van der Waals surface area contributed by atoms with Gasteiger partial charge in [-0.2, -0.15) is 0 Å². The van der Waals surface area contributed by atoms with E-state index >= 15 is 0 Å². The Hall–Kier alpha value is -2.57. The number of amides is 2. The van der Waals surface area contributed by atoms with E-state index in [1.807, 2.05) is 24.3 Å². The molecular formula is C22H24ClN3O3. The maximum absolute atomic E-state index is 13.0. The van der Waals surface area contributed by atoms with Crippen molar-refractivity contribution in [3.8, 4) is 5.75 Å². The Morgan fingerprint density at radius 2 is 2.03 bits per heavy atom. The fourth-order valence-electron chi connectivity index (χ4n) is 3.92. The molecule has 0 bridgehead atoms. The van der Waals surface area contributed by atoms with Crippen LogP contribution < -0.4 is 15.4 Å². The first-order valence-corrected chi connectivity index (χ1v) is 10.3. The lowest BCUT2D eigenvalue weighted by atomic mass is 10.0. The predicted octanol–water partition coefficient (Wildman–Crippen LogP) is 3.63. The summed E-state index contributed by atoms with van der Waals surface area (Å²) in [5.41, 5.74) is 2.03. The number of ether oxygens (including phenoxy) is 1. The van der Waals surface area contributed by atoms with Gasteiger partial charge in [0.05, 0.1) is 17.3 Å². The number of para-hydroxylation sites is 1. The van der Waals surface area contributed by atoms with E-state index < -0.39 is 6.10 Å². The molecule has 0 radical (unpaired) electrons. The van der Waals surface area contributed by atoms with Gasteiger partial charge in [-0.05, 0) is 62.7 Å². The van der Waals surface area contributed by atoms with Crippen LogP contribution in [0.15, 0.2) is 42.5 Å². The van der Waals surface area contributed by atoms with Gasteiger partial charge in [0.2, 0.25) is 0 Å². The second-order valence-electron chi connectivity index (χ2n) is 7.46. The van der Waals surface area contributed by atoms with Crippen LogP contribution in [0.3, 0.4) is 0 Å². The van der Waals surface area contributed by atoms with Crippen LogP contribution in [0.25, 0.3) is 0 Å². The number of anilines is 1. The summed E-state index contributed by atoms with van der Waals surface area (Å²) in [5.74, 6) is -0.0286. The Morgan fingerprint density at radius 1 is 1.28 bits per heavy atom. The SMILES string of the molecule is CC1Oc2c(cccc2C(=O)NCC(c2cccc(Cl)c2)N2CCCC2)NC1=O. The van der Waals surface area contributed by atoms with Crippen LogP contribution in [-0.4, -0.2) is 42.5 Å². The number of carbonyl (C=O) groups is 2. The first-order chi connectivity index (χ1) is 14.0. The van der Waals surface area contributed by atoms with Crippen molar-refractivity contribution >= 4 is 29.1 Å². The molecule has 152 valence electrons. The average Bonchev–Trinajstić information content (AvgIpc) is 3.23. The number of hydrogen-bond acceptors (Lipinski definition) is 4. The number of fused-ring (bicyclic) bond motifs is 1. The van der Waals surface area contributed by atoms with E-state index in [4.69, 9.17) is 16.3 Å². The number of benzene rings is 2. The van der Waals surface area contributed by atoms with Crippen LogP contribution in [0.5, 0.6) is 5.75 Å². The topological polar surface area (TPSA) is 70.7 Å². The largest absolute Gasteiger partial charge is 0.478 e. The van der Waals surface area contributed by atoms with Gasteiger partial charge in [0.1, 0.15) is 0 Å². The van der Waals surface area contributed by atoms with E-state index in [0.717, 1.165) is 31.5 Å². The number of hydrogen-bond donors (Lipinski definition) is 2. The van der Waals surface area contributed by atoms with Gasteiger partial charge in [-0.1, -0.05) is 29.8 Å². The van der Waals surface area contributed by atoms with Crippen molar-refractivity contribution in [3.63, 3.8) is 0 Å². The molecule has 2 atom stereocenters. The van der Waals surface area contributed by atoms with E-state index in [9.17, 15) is 9.59 Å². The zero-order chi connectivity index (χ0) is 20.4. The minimum atomic E-state index is -0.639. The summed E-state index contributed by atoms with van der Waals surface area (Å²) in [6.45, 7) is 4.13. The zero-order valence-electron chi connectivity index (χ0n) is 16.3. The third kappa shape index (κ3) is 4.23. The molecule has 2 N–H and O–H groups in total. The second kappa shape index (κ2) is 8.43. The Kier molecular flexibility index (Phi) is 5.74. The maximum atomic E-state index is 13.0. The van der Waals surface area contributed by atoms with Gasteiger partial charge in [0.25, 0.3) is 11.8 Å². The molecule has 0 spiro atoms. The van der Waals surface area contributed by atoms with Crippen LogP contribution in [-0.2, 0) is 4.79 Å². The lowest BCUT2D eigenvalue weighted by Crippen LogP contribution is -2.38. The molecule has 0 aromatic heterocycles. The summed E-state index contributed by atoms with van der Waals surface area (Å²) in [7, 11) is 0. The van der Waals surface area contributed by atoms with Crippen LogP contribution in [0.4, 0.5) is 5.69 Å². The molecule has 2 aliphatic rings. The third-order valence-corrected chi connectivity index (χ3v) is 5.69. The quantitative estimate of drug-likeness (QED) is 0.785. The first kappa shape index (κ1) is 19.7. The van der Waals surface area contributed by atoms with Crippen molar-refractivity contribution in [3.05, 3.63) is 58.6 Å². The van der Waals surface area contributed by atoms with Crippen molar-refractivity contribution in [1.29, 1.82) is 0 Å². The summed E-state index contributed by atoms with van der Waals surface area (Å²) in [5, 5.41) is 6.52. The van der Waals surface area contributed by atoms with Crippen molar-refractivity contribution in [2.24, 2.45) is 0 Å². The minimum Gasteiger partial charge on any atom is -0.478 e. The lowest BCUT2D eigenvalue weighted by Gasteiger charge is -2.29. The molecule has 1 saturated heterocycles. The van der Waals surface area contributed by atoms with Crippen molar-refractivity contribution in [2.45, 2.75) is 31.9 Å². The van der Waals surface area contributed by atoms with Crippen LogP contribution in [0, 0.1) is 0 Å². The number of rotatable bonds is 5.